The normalized spacial score (nSPS) is 17.5. The molecule has 4 rings (SSSR count). The summed E-state index contributed by atoms with van der Waals surface area (Å²) in [5, 5.41) is 5.82. The molecule has 158 valence electrons. The van der Waals surface area contributed by atoms with Gasteiger partial charge in [-0.3, -0.25) is 14.5 Å². The van der Waals surface area contributed by atoms with Gasteiger partial charge in [-0.25, -0.2) is 9.78 Å². The summed E-state index contributed by atoms with van der Waals surface area (Å²) in [6.07, 6.45) is 9.49. The monoisotopic (exact) mass is 409 g/mol. The van der Waals surface area contributed by atoms with Crippen LogP contribution >= 0.6 is 0 Å². The number of benzene rings is 1. The Bertz CT molecular complexity index is 919. The number of nitrogens with one attached hydrogen (secondary N) is 2. The maximum absolute atomic E-state index is 12.6. The zero-order valence-corrected chi connectivity index (χ0v) is 17.0. The number of nitrogens with zero attached hydrogens (tertiary/aromatic N) is 3. The number of carbonyl (C=O) groups excluding carboxylic acids is 3. The fourth-order valence-electron chi connectivity index (χ4n) is 4.34. The Morgan fingerprint density at radius 1 is 1.17 bits per heavy atom. The third kappa shape index (κ3) is 4.22. The van der Waals surface area contributed by atoms with Crippen molar-refractivity contribution in [1.29, 1.82) is 0 Å². The van der Waals surface area contributed by atoms with Gasteiger partial charge in [-0.1, -0.05) is 37.1 Å². The molecule has 1 spiro atoms. The van der Waals surface area contributed by atoms with E-state index in [1.54, 1.807) is 12.5 Å². The number of amides is 4. The highest BCUT2D eigenvalue weighted by molar-refractivity contribution is 6.07. The molecule has 1 aliphatic heterocycles. The van der Waals surface area contributed by atoms with E-state index in [-0.39, 0.29) is 30.8 Å². The molecule has 1 aromatic carbocycles. The average molecular weight is 409 g/mol. The summed E-state index contributed by atoms with van der Waals surface area (Å²) >= 11 is 0. The summed E-state index contributed by atoms with van der Waals surface area (Å²) in [7, 11) is 0. The van der Waals surface area contributed by atoms with Crippen molar-refractivity contribution in [2.24, 2.45) is 0 Å². The fraction of sp³-hybridized carbons (Fsp3) is 0.455. The summed E-state index contributed by atoms with van der Waals surface area (Å²) in [6.45, 7) is 1.41. The first-order valence-corrected chi connectivity index (χ1v) is 10.5. The zero-order valence-electron chi connectivity index (χ0n) is 17.0. The van der Waals surface area contributed by atoms with Gasteiger partial charge in [0.15, 0.2) is 0 Å². The van der Waals surface area contributed by atoms with Gasteiger partial charge in [0.25, 0.3) is 5.91 Å². The highest BCUT2D eigenvalue weighted by atomic mass is 16.2. The number of carbonyl (C=O) groups is 3. The third-order valence-corrected chi connectivity index (χ3v) is 6.00. The molecule has 1 saturated heterocycles. The number of urea groups is 1. The predicted molar refractivity (Wildman–Crippen MR) is 110 cm³/mol. The number of rotatable bonds is 8. The van der Waals surface area contributed by atoms with Crippen molar-refractivity contribution in [1.82, 2.24) is 25.1 Å². The van der Waals surface area contributed by atoms with Crippen LogP contribution in [-0.4, -0.2) is 44.4 Å². The molecular weight excluding hydrogens is 382 g/mol. The average Bonchev–Trinajstić information content (AvgIpc) is 3.47. The lowest BCUT2D eigenvalue weighted by molar-refractivity contribution is -0.131. The maximum atomic E-state index is 12.6. The van der Waals surface area contributed by atoms with Gasteiger partial charge >= 0.3 is 6.03 Å². The zero-order chi connectivity index (χ0) is 21.0. The molecule has 2 fully saturated rings. The van der Waals surface area contributed by atoms with E-state index >= 15 is 0 Å². The topological polar surface area (TPSA) is 96.3 Å². The highest BCUT2D eigenvalue weighted by Crippen LogP contribution is 2.35. The van der Waals surface area contributed by atoms with Crippen LogP contribution in [-0.2, 0) is 22.7 Å². The molecule has 2 N–H and O–H groups in total. The molecule has 1 aromatic heterocycles. The Labute approximate surface area is 175 Å². The van der Waals surface area contributed by atoms with Crippen LogP contribution in [0.15, 0.2) is 43.0 Å². The molecule has 0 atom stereocenters. The molecule has 8 heteroatoms. The van der Waals surface area contributed by atoms with Crippen molar-refractivity contribution in [2.45, 2.75) is 57.2 Å². The summed E-state index contributed by atoms with van der Waals surface area (Å²) < 4.78 is 1.98. The van der Waals surface area contributed by atoms with Crippen LogP contribution in [0.4, 0.5) is 4.79 Å². The quantitative estimate of drug-likeness (QED) is 0.653. The van der Waals surface area contributed by atoms with Crippen molar-refractivity contribution in [3.8, 4) is 0 Å². The van der Waals surface area contributed by atoms with E-state index in [4.69, 9.17) is 0 Å². The van der Waals surface area contributed by atoms with Gasteiger partial charge in [0.2, 0.25) is 5.91 Å². The van der Waals surface area contributed by atoms with Crippen molar-refractivity contribution in [3.05, 3.63) is 54.1 Å². The molecule has 0 bridgehead atoms. The molecule has 2 heterocycles. The third-order valence-electron chi connectivity index (χ3n) is 6.00. The van der Waals surface area contributed by atoms with Gasteiger partial charge in [-0.15, -0.1) is 0 Å². The molecule has 2 aliphatic rings. The van der Waals surface area contributed by atoms with Gasteiger partial charge in [-0.2, -0.15) is 0 Å². The van der Waals surface area contributed by atoms with Crippen LogP contribution in [0.25, 0.3) is 0 Å². The first-order chi connectivity index (χ1) is 14.6. The second kappa shape index (κ2) is 8.69. The van der Waals surface area contributed by atoms with E-state index in [9.17, 15) is 14.4 Å². The Morgan fingerprint density at radius 2 is 1.93 bits per heavy atom. The summed E-state index contributed by atoms with van der Waals surface area (Å²) in [6, 6.07) is 7.65. The molecule has 2 aromatic rings. The molecule has 30 heavy (non-hydrogen) atoms. The van der Waals surface area contributed by atoms with E-state index in [2.05, 4.69) is 15.6 Å². The second-order valence-electron chi connectivity index (χ2n) is 8.06. The largest absolute Gasteiger partial charge is 0.352 e. The van der Waals surface area contributed by atoms with E-state index in [1.807, 2.05) is 35.0 Å². The van der Waals surface area contributed by atoms with Crippen molar-refractivity contribution < 1.29 is 14.4 Å². The lowest BCUT2D eigenvalue weighted by atomic mass is 9.98. The smallest absolute Gasteiger partial charge is 0.325 e. The van der Waals surface area contributed by atoms with Crippen molar-refractivity contribution in [2.75, 3.05) is 6.54 Å². The maximum Gasteiger partial charge on any atom is 0.325 e. The van der Waals surface area contributed by atoms with Crippen molar-refractivity contribution >= 4 is 17.8 Å². The number of hydrogen-bond donors (Lipinski definition) is 2. The van der Waals surface area contributed by atoms with E-state index < -0.39 is 5.54 Å². The molecule has 0 unspecified atom stereocenters. The summed E-state index contributed by atoms with van der Waals surface area (Å²) in [5.74, 6) is -0.214. The van der Waals surface area contributed by atoms with E-state index in [1.165, 1.54) is 4.90 Å². The SMILES string of the molecule is O=C(CCCN1C(=O)NC2(CCCC2)C1=O)NCc1ccccc1Cn1ccnc1. The van der Waals surface area contributed by atoms with Crippen LogP contribution in [0.1, 0.15) is 49.7 Å². The molecular formula is C22H27N5O3. The van der Waals surface area contributed by atoms with Gasteiger partial charge in [0.05, 0.1) is 6.33 Å². The van der Waals surface area contributed by atoms with Gasteiger partial charge in [-0.05, 0) is 30.4 Å². The van der Waals surface area contributed by atoms with Crippen molar-refractivity contribution in [3.63, 3.8) is 0 Å². The number of aromatic nitrogens is 2. The summed E-state index contributed by atoms with van der Waals surface area (Å²) in [5.41, 5.74) is 1.49. The summed E-state index contributed by atoms with van der Waals surface area (Å²) in [4.78, 5) is 42.5. The van der Waals surface area contributed by atoms with Crippen LogP contribution in [0, 0.1) is 0 Å². The molecule has 1 saturated carbocycles. The molecule has 1 aliphatic carbocycles. The van der Waals surface area contributed by atoms with Gasteiger partial charge < -0.3 is 15.2 Å². The van der Waals surface area contributed by atoms with Crippen LogP contribution in [0.2, 0.25) is 0 Å². The number of imide groups is 1. The van der Waals surface area contributed by atoms with E-state index in [0.29, 0.717) is 32.4 Å². The van der Waals surface area contributed by atoms with Gasteiger partial charge in [0.1, 0.15) is 5.54 Å². The first-order valence-electron chi connectivity index (χ1n) is 10.5. The fourth-order valence-corrected chi connectivity index (χ4v) is 4.34. The standard InChI is InChI=1S/C22H27N5O3/c28-19(8-5-12-27-20(29)22(25-21(27)30)9-3-4-10-22)24-14-17-6-1-2-7-18(17)15-26-13-11-23-16-26/h1-2,6-7,11,13,16H,3-5,8-10,12,14-15H2,(H,24,28)(H,25,30). The minimum atomic E-state index is -0.682. The molecule has 0 radical (unpaired) electrons. The second-order valence-corrected chi connectivity index (χ2v) is 8.06. The van der Waals surface area contributed by atoms with Crippen LogP contribution < -0.4 is 10.6 Å². The Balaban J connectivity index is 1.24. The highest BCUT2D eigenvalue weighted by Gasteiger charge is 2.51. The molecule has 8 nitrogen and oxygen atoms in total. The van der Waals surface area contributed by atoms with Gasteiger partial charge in [0, 0.05) is 38.4 Å². The number of imidazole rings is 1. The molecule has 4 amide bonds. The van der Waals surface area contributed by atoms with Crippen LogP contribution in [0.3, 0.4) is 0 Å². The predicted octanol–water partition coefficient (Wildman–Crippen LogP) is 2.19. The Morgan fingerprint density at radius 3 is 2.67 bits per heavy atom. The first kappa shape index (κ1) is 20.1. The number of hydrogen-bond acceptors (Lipinski definition) is 4. The Hall–Kier alpha value is -3.16. The minimum absolute atomic E-state index is 0.0879. The van der Waals surface area contributed by atoms with E-state index in [0.717, 1.165) is 24.0 Å². The lowest BCUT2D eigenvalue weighted by Gasteiger charge is -2.19. The lowest BCUT2D eigenvalue weighted by Crippen LogP contribution is -2.44. The minimum Gasteiger partial charge on any atom is -0.352 e. The Kier molecular flexibility index (Phi) is 5.83. The van der Waals surface area contributed by atoms with Crippen LogP contribution in [0.5, 0.6) is 0 Å².